The number of nitrogens with two attached hydrogens (primary N) is 1. The van der Waals surface area contributed by atoms with Gasteiger partial charge < -0.3 is 15.0 Å². The molecule has 0 amide bonds. The molecular weight excluding hydrogens is 276 g/mol. The number of methoxy groups -OCH3 is 1. The lowest BCUT2D eigenvalue weighted by Gasteiger charge is -2.23. The quantitative estimate of drug-likeness (QED) is 0.434. The normalized spacial score (nSPS) is 24.9. The average molecular weight is 315 g/mol. The molecule has 1 aliphatic rings. The Kier molecular flexibility index (Phi) is 9.73. The Morgan fingerprint density at radius 2 is 2.00 bits per heavy atom. The van der Waals surface area contributed by atoms with E-state index in [0.717, 1.165) is 6.04 Å². The molecule has 0 unspecified atom stereocenters. The standard InChI is InChI=1S/C18H36N2O2/c1-5-6-7-9-16-15(14-18(21)22-4)10-11-17(16)19-12-8-13-20(2)3/h15-17,19H,5-14H2,1-4H3/p+2/t15-,16+,17+/m1/s1. The van der Waals surface area contributed by atoms with Crippen molar-refractivity contribution in [3.63, 3.8) is 0 Å². The van der Waals surface area contributed by atoms with Crippen LogP contribution < -0.4 is 10.2 Å². The first-order chi connectivity index (χ1) is 10.6. The number of unbranched alkanes of at least 4 members (excludes halogenated alkanes) is 2. The lowest BCUT2D eigenvalue weighted by atomic mass is 9.86. The van der Waals surface area contributed by atoms with Crippen LogP contribution in [-0.4, -0.2) is 46.3 Å². The Morgan fingerprint density at radius 3 is 2.64 bits per heavy atom. The lowest BCUT2D eigenvalue weighted by molar-refractivity contribution is -0.860. The number of ether oxygens (including phenoxy) is 1. The molecule has 0 heterocycles. The molecule has 0 spiro atoms. The van der Waals surface area contributed by atoms with Gasteiger partial charge in [0.05, 0.1) is 40.3 Å². The molecule has 3 atom stereocenters. The highest BCUT2D eigenvalue weighted by atomic mass is 16.5. The molecule has 0 aromatic rings. The number of carbonyl (C=O) groups is 1. The largest absolute Gasteiger partial charge is 0.469 e. The molecular formula is C18H38N2O2+2. The fourth-order valence-corrected chi connectivity index (χ4v) is 3.90. The topological polar surface area (TPSA) is 47.3 Å². The number of carbonyl (C=O) groups excluding carboxylic acids is 1. The highest BCUT2D eigenvalue weighted by Crippen LogP contribution is 2.36. The van der Waals surface area contributed by atoms with Crippen molar-refractivity contribution < 1.29 is 19.7 Å². The molecule has 0 bridgehead atoms. The van der Waals surface area contributed by atoms with Crippen LogP contribution in [0.15, 0.2) is 0 Å². The molecule has 4 heteroatoms. The molecule has 130 valence electrons. The molecule has 0 saturated heterocycles. The van der Waals surface area contributed by atoms with E-state index in [1.54, 1.807) is 0 Å². The van der Waals surface area contributed by atoms with Crippen LogP contribution in [0.4, 0.5) is 0 Å². The van der Waals surface area contributed by atoms with Crippen LogP contribution in [0.25, 0.3) is 0 Å². The van der Waals surface area contributed by atoms with Crippen molar-refractivity contribution in [3.05, 3.63) is 0 Å². The Labute approximate surface area is 137 Å². The third kappa shape index (κ3) is 7.10. The summed E-state index contributed by atoms with van der Waals surface area (Å²) in [6, 6.07) is 0.726. The minimum absolute atomic E-state index is 0.0256. The fraction of sp³-hybridized carbons (Fsp3) is 0.944. The van der Waals surface area contributed by atoms with Gasteiger partial charge in [0.2, 0.25) is 0 Å². The molecule has 0 aromatic carbocycles. The predicted octanol–water partition coefficient (Wildman–Crippen LogP) is 0.623. The number of esters is 1. The first-order valence-corrected chi connectivity index (χ1v) is 9.27. The van der Waals surface area contributed by atoms with Crippen molar-refractivity contribution in [2.75, 3.05) is 34.3 Å². The summed E-state index contributed by atoms with van der Waals surface area (Å²) in [5.41, 5.74) is 0. The molecule has 1 aliphatic carbocycles. The molecule has 1 saturated carbocycles. The van der Waals surface area contributed by atoms with E-state index in [0.29, 0.717) is 18.3 Å². The van der Waals surface area contributed by atoms with Gasteiger partial charge in [-0.1, -0.05) is 26.2 Å². The van der Waals surface area contributed by atoms with E-state index in [9.17, 15) is 4.79 Å². The van der Waals surface area contributed by atoms with E-state index in [4.69, 9.17) is 4.74 Å². The van der Waals surface area contributed by atoms with Crippen molar-refractivity contribution in [2.45, 2.75) is 64.3 Å². The number of hydrogen-bond donors (Lipinski definition) is 2. The van der Waals surface area contributed by atoms with Gasteiger partial charge in [-0.25, -0.2) is 0 Å². The van der Waals surface area contributed by atoms with Gasteiger partial charge in [-0.15, -0.1) is 0 Å². The van der Waals surface area contributed by atoms with Gasteiger partial charge in [0.25, 0.3) is 0 Å². The maximum absolute atomic E-state index is 11.7. The average Bonchev–Trinajstić information content (AvgIpc) is 2.86. The molecule has 4 nitrogen and oxygen atoms in total. The zero-order chi connectivity index (χ0) is 16.4. The maximum atomic E-state index is 11.7. The van der Waals surface area contributed by atoms with E-state index in [2.05, 4.69) is 26.3 Å². The molecule has 1 fully saturated rings. The summed E-state index contributed by atoms with van der Waals surface area (Å²) < 4.78 is 4.89. The Hall–Kier alpha value is -0.610. The van der Waals surface area contributed by atoms with Gasteiger partial charge in [-0.2, -0.15) is 0 Å². The van der Waals surface area contributed by atoms with Crippen LogP contribution >= 0.6 is 0 Å². The summed E-state index contributed by atoms with van der Waals surface area (Å²) in [5, 5.41) is 2.57. The predicted molar refractivity (Wildman–Crippen MR) is 89.9 cm³/mol. The summed E-state index contributed by atoms with van der Waals surface area (Å²) in [6.45, 7) is 4.73. The van der Waals surface area contributed by atoms with Crippen LogP contribution in [0.5, 0.6) is 0 Å². The van der Waals surface area contributed by atoms with Crippen LogP contribution in [-0.2, 0) is 9.53 Å². The van der Waals surface area contributed by atoms with E-state index >= 15 is 0 Å². The highest BCUT2D eigenvalue weighted by molar-refractivity contribution is 5.69. The third-order valence-corrected chi connectivity index (χ3v) is 5.17. The lowest BCUT2D eigenvalue weighted by Crippen LogP contribution is -3.06. The monoisotopic (exact) mass is 314 g/mol. The number of quaternary nitrogens is 2. The van der Waals surface area contributed by atoms with Gasteiger partial charge >= 0.3 is 5.97 Å². The summed E-state index contributed by atoms with van der Waals surface area (Å²) in [5.74, 6) is 1.23. The third-order valence-electron chi connectivity index (χ3n) is 5.17. The van der Waals surface area contributed by atoms with Gasteiger partial charge in [-0.3, -0.25) is 4.79 Å². The van der Waals surface area contributed by atoms with Gasteiger partial charge in [0.1, 0.15) is 0 Å². The molecule has 3 N–H and O–H groups in total. The summed E-state index contributed by atoms with van der Waals surface area (Å²) in [4.78, 5) is 13.2. The molecule has 1 rings (SSSR count). The van der Waals surface area contributed by atoms with Crippen molar-refractivity contribution in [1.82, 2.24) is 0 Å². The van der Waals surface area contributed by atoms with Crippen LogP contribution in [0.2, 0.25) is 0 Å². The van der Waals surface area contributed by atoms with Crippen molar-refractivity contribution >= 4 is 5.97 Å². The minimum atomic E-state index is -0.0256. The second kappa shape index (κ2) is 11.0. The second-order valence-corrected chi connectivity index (χ2v) is 7.28. The summed E-state index contributed by atoms with van der Waals surface area (Å²) in [6.07, 6.45) is 9.56. The molecule has 0 aliphatic heterocycles. The second-order valence-electron chi connectivity index (χ2n) is 7.28. The van der Waals surface area contributed by atoms with E-state index in [-0.39, 0.29) is 5.97 Å². The summed E-state index contributed by atoms with van der Waals surface area (Å²) in [7, 11) is 5.95. The van der Waals surface area contributed by atoms with Crippen molar-refractivity contribution in [2.24, 2.45) is 11.8 Å². The van der Waals surface area contributed by atoms with Gasteiger partial charge in [0.15, 0.2) is 0 Å². The van der Waals surface area contributed by atoms with Gasteiger partial charge in [-0.05, 0) is 25.2 Å². The smallest absolute Gasteiger partial charge is 0.305 e. The maximum Gasteiger partial charge on any atom is 0.305 e. The molecule has 0 radical (unpaired) electrons. The van der Waals surface area contributed by atoms with E-state index in [1.807, 2.05) is 0 Å². The first-order valence-electron chi connectivity index (χ1n) is 9.27. The minimum Gasteiger partial charge on any atom is -0.469 e. The van der Waals surface area contributed by atoms with Gasteiger partial charge in [0, 0.05) is 18.8 Å². The Balaban J connectivity index is 2.44. The van der Waals surface area contributed by atoms with Crippen LogP contribution in [0.1, 0.15) is 58.3 Å². The highest BCUT2D eigenvalue weighted by Gasteiger charge is 2.38. The molecule has 0 aromatic heterocycles. The SMILES string of the molecule is CCCCC[C@H]1[C@@H](CC(=O)OC)CC[C@@H]1[NH2+]CCC[NH+](C)C. The zero-order valence-electron chi connectivity index (χ0n) is 15.2. The zero-order valence-corrected chi connectivity index (χ0v) is 15.2. The summed E-state index contributed by atoms with van der Waals surface area (Å²) >= 11 is 0. The van der Waals surface area contributed by atoms with Crippen LogP contribution in [0, 0.1) is 11.8 Å². The van der Waals surface area contributed by atoms with E-state index in [1.165, 1.54) is 70.0 Å². The Bertz CT molecular complexity index is 307. The first kappa shape index (κ1) is 19.4. The fourth-order valence-electron chi connectivity index (χ4n) is 3.90. The van der Waals surface area contributed by atoms with E-state index < -0.39 is 0 Å². The van der Waals surface area contributed by atoms with Crippen LogP contribution in [0.3, 0.4) is 0 Å². The number of nitrogens with one attached hydrogen (secondary N) is 1. The van der Waals surface area contributed by atoms with Crippen molar-refractivity contribution in [3.8, 4) is 0 Å². The number of hydrogen-bond acceptors (Lipinski definition) is 2. The number of rotatable bonds is 11. The molecule has 22 heavy (non-hydrogen) atoms. The Morgan fingerprint density at radius 1 is 1.23 bits per heavy atom. The van der Waals surface area contributed by atoms with Crippen molar-refractivity contribution in [1.29, 1.82) is 0 Å².